The van der Waals surface area contributed by atoms with E-state index >= 15 is 0 Å². The highest BCUT2D eigenvalue weighted by Crippen LogP contribution is 2.37. The fraction of sp³-hybridized carbons (Fsp3) is 0.190. The lowest BCUT2D eigenvalue weighted by molar-refractivity contribution is -0.113. The summed E-state index contributed by atoms with van der Waals surface area (Å²) < 4.78 is 12.2. The van der Waals surface area contributed by atoms with Crippen molar-refractivity contribution in [3.05, 3.63) is 65.6 Å². The first-order valence-electron chi connectivity index (χ1n) is 9.21. The number of nitrogens with one attached hydrogen (secondary N) is 2. The summed E-state index contributed by atoms with van der Waals surface area (Å²) in [4.78, 5) is 17.6. The van der Waals surface area contributed by atoms with E-state index in [1.807, 2.05) is 6.07 Å². The largest absolute Gasteiger partial charge is 0.508 e. The minimum atomic E-state index is -0.576. The van der Waals surface area contributed by atoms with Crippen LogP contribution in [-0.4, -0.2) is 40.0 Å². The van der Waals surface area contributed by atoms with Gasteiger partial charge in [-0.15, -0.1) is 0 Å². The highest BCUT2D eigenvalue weighted by molar-refractivity contribution is 6.06. The number of hydrogen-bond donors (Lipinski definition) is 3. The van der Waals surface area contributed by atoms with Crippen LogP contribution in [0.5, 0.6) is 17.2 Å². The van der Waals surface area contributed by atoms with Gasteiger partial charge in [0.05, 0.1) is 25.5 Å². The zero-order valence-corrected chi connectivity index (χ0v) is 16.7. The summed E-state index contributed by atoms with van der Waals surface area (Å²) in [5.74, 6) is 1.35. The van der Waals surface area contributed by atoms with Crippen molar-refractivity contribution in [3.63, 3.8) is 0 Å². The summed E-state index contributed by atoms with van der Waals surface area (Å²) in [6.45, 7) is 1.80. The van der Waals surface area contributed by atoms with Crippen molar-refractivity contribution < 1.29 is 19.4 Å². The van der Waals surface area contributed by atoms with Crippen molar-refractivity contribution in [2.24, 2.45) is 0 Å². The molecule has 0 unspecified atom stereocenters. The van der Waals surface area contributed by atoms with Crippen molar-refractivity contribution in [2.75, 3.05) is 24.9 Å². The van der Waals surface area contributed by atoms with Crippen LogP contribution in [0.1, 0.15) is 18.5 Å². The molecule has 9 nitrogen and oxygen atoms in total. The number of allylic oxidation sites excluding steroid dienone is 1. The molecule has 0 saturated carbocycles. The maximum atomic E-state index is 13.4. The normalized spacial score (nSPS) is 15.2. The van der Waals surface area contributed by atoms with E-state index in [1.165, 1.54) is 13.4 Å². The zero-order chi connectivity index (χ0) is 21.3. The number of anilines is 2. The van der Waals surface area contributed by atoms with Gasteiger partial charge in [0.2, 0.25) is 5.95 Å². The van der Waals surface area contributed by atoms with E-state index in [2.05, 4.69) is 20.7 Å². The predicted molar refractivity (Wildman–Crippen MR) is 111 cm³/mol. The Morgan fingerprint density at radius 2 is 2.03 bits per heavy atom. The van der Waals surface area contributed by atoms with Gasteiger partial charge < -0.3 is 25.2 Å². The second kappa shape index (κ2) is 7.78. The number of amides is 1. The smallest absolute Gasteiger partial charge is 0.255 e. The van der Waals surface area contributed by atoms with Crippen LogP contribution in [0.2, 0.25) is 0 Å². The first-order valence-corrected chi connectivity index (χ1v) is 9.21. The minimum absolute atomic E-state index is 0.0968. The molecule has 0 spiro atoms. The standard InChI is InChI=1S/C21H21N5O4/c1-12-18(20(28)25-16-10-15(29-2)7-8-17(16)30-3)19(13-5-4-6-14(27)9-13)26-21(24-12)22-11-23-26/h4-11,19,27H,1-3H3,(H,25,28)(H,22,23,24)/t19-/m1/s1. The third kappa shape index (κ3) is 3.41. The zero-order valence-electron chi connectivity index (χ0n) is 16.7. The summed E-state index contributed by atoms with van der Waals surface area (Å²) in [5.41, 5.74) is 2.23. The summed E-state index contributed by atoms with van der Waals surface area (Å²) >= 11 is 0. The Morgan fingerprint density at radius 3 is 2.77 bits per heavy atom. The molecule has 1 aromatic heterocycles. The molecule has 1 aliphatic heterocycles. The molecule has 0 fully saturated rings. The van der Waals surface area contributed by atoms with E-state index in [0.29, 0.717) is 40.0 Å². The van der Waals surface area contributed by atoms with Gasteiger partial charge in [0.1, 0.15) is 29.6 Å². The third-order valence-electron chi connectivity index (χ3n) is 4.88. The number of aromatic nitrogens is 3. The van der Waals surface area contributed by atoms with Gasteiger partial charge in [-0.3, -0.25) is 4.79 Å². The van der Waals surface area contributed by atoms with Gasteiger partial charge in [0, 0.05) is 11.8 Å². The molecule has 0 radical (unpaired) electrons. The summed E-state index contributed by atoms with van der Waals surface area (Å²) in [6.07, 6.45) is 1.41. The van der Waals surface area contributed by atoms with Crippen LogP contribution < -0.4 is 20.1 Å². The highest BCUT2D eigenvalue weighted by atomic mass is 16.5. The SMILES string of the molecule is COc1ccc(OC)c(NC(=O)C2=C(C)Nc3ncnn3[C@@H]2c2cccc(O)c2)c1. The molecule has 3 aromatic rings. The van der Waals surface area contributed by atoms with Gasteiger partial charge in [0.25, 0.3) is 5.91 Å². The molecular formula is C21H21N5O4. The van der Waals surface area contributed by atoms with Crippen LogP contribution in [-0.2, 0) is 4.79 Å². The van der Waals surface area contributed by atoms with E-state index < -0.39 is 6.04 Å². The number of carbonyl (C=O) groups is 1. The highest BCUT2D eigenvalue weighted by Gasteiger charge is 2.33. The van der Waals surface area contributed by atoms with E-state index in [-0.39, 0.29) is 11.7 Å². The third-order valence-corrected chi connectivity index (χ3v) is 4.88. The van der Waals surface area contributed by atoms with E-state index in [0.717, 1.165) is 0 Å². The Hall–Kier alpha value is -4.01. The molecule has 1 atom stereocenters. The van der Waals surface area contributed by atoms with Crippen molar-refractivity contribution in [1.82, 2.24) is 14.8 Å². The number of fused-ring (bicyclic) bond motifs is 1. The molecule has 9 heteroatoms. The molecule has 0 saturated heterocycles. The molecule has 1 amide bonds. The monoisotopic (exact) mass is 407 g/mol. The fourth-order valence-corrected chi connectivity index (χ4v) is 3.49. The number of ether oxygens (including phenoxy) is 2. The van der Waals surface area contributed by atoms with Gasteiger partial charge in [-0.25, -0.2) is 4.68 Å². The van der Waals surface area contributed by atoms with E-state index in [1.54, 1.807) is 55.1 Å². The number of rotatable bonds is 5. The predicted octanol–water partition coefficient (Wildman–Crippen LogP) is 2.93. The first kappa shape index (κ1) is 19.3. The Kier molecular flexibility index (Phi) is 5.01. The fourth-order valence-electron chi connectivity index (χ4n) is 3.49. The topological polar surface area (TPSA) is 111 Å². The average Bonchev–Trinajstić information content (AvgIpc) is 3.20. The number of carbonyl (C=O) groups excluding carboxylic acids is 1. The van der Waals surface area contributed by atoms with Crippen LogP contribution in [0.4, 0.5) is 11.6 Å². The minimum Gasteiger partial charge on any atom is -0.508 e. The first-order chi connectivity index (χ1) is 14.5. The molecule has 30 heavy (non-hydrogen) atoms. The lowest BCUT2D eigenvalue weighted by atomic mass is 9.95. The van der Waals surface area contributed by atoms with Gasteiger partial charge in [-0.2, -0.15) is 10.1 Å². The van der Waals surface area contributed by atoms with Crippen LogP contribution >= 0.6 is 0 Å². The number of methoxy groups -OCH3 is 2. The molecule has 2 aromatic carbocycles. The van der Waals surface area contributed by atoms with Gasteiger partial charge in [-0.1, -0.05) is 12.1 Å². The van der Waals surface area contributed by atoms with Crippen molar-refractivity contribution >= 4 is 17.5 Å². The molecule has 3 N–H and O–H groups in total. The Balaban J connectivity index is 1.77. The van der Waals surface area contributed by atoms with E-state index in [4.69, 9.17) is 9.47 Å². The quantitative estimate of drug-likeness (QED) is 0.596. The van der Waals surface area contributed by atoms with Crippen LogP contribution in [0.3, 0.4) is 0 Å². The molecule has 1 aliphatic rings. The molecule has 0 bridgehead atoms. The number of nitrogens with zero attached hydrogens (tertiary/aromatic N) is 3. The number of aromatic hydroxyl groups is 1. The average molecular weight is 407 g/mol. The number of hydrogen-bond acceptors (Lipinski definition) is 7. The molecule has 4 rings (SSSR count). The molecule has 0 aliphatic carbocycles. The Morgan fingerprint density at radius 1 is 1.20 bits per heavy atom. The maximum absolute atomic E-state index is 13.4. The van der Waals surface area contributed by atoms with E-state index in [9.17, 15) is 9.90 Å². The number of benzene rings is 2. The Labute approximate surface area is 173 Å². The summed E-state index contributed by atoms with van der Waals surface area (Å²) in [6, 6.07) is 11.3. The van der Waals surface area contributed by atoms with Gasteiger partial charge >= 0.3 is 0 Å². The number of phenolic OH excluding ortho intramolecular Hbond substituents is 1. The van der Waals surface area contributed by atoms with Crippen LogP contribution in [0.25, 0.3) is 0 Å². The van der Waals surface area contributed by atoms with Crippen molar-refractivity contribution in [2.45, 2.75) is 13.0 Å². The second-order valence-corrected chi connectivity index (χ2v) is 6.71. The van der Waals surface area contributed by atoms with Gasteiger partial charge in [-0.05, 0) is 36.8 Å². The molecular weight excluding hydrogens is 386 g/mol. The summed E-state index contributed by atoms with van der Waals surface area (Å²) in [5, 5.41) is 20.3. The molecule has 2 heterocycles. The lowest BCUT2D eigenvalue weighted by Gasteiger charge is -2.29. The Bertz CT molecular complexity index is 1140. The van der Waals surface area contributed by atoms with Crippen molar-refractivity contribution in [1.29, 1.82) is 0 Å². The number of phenols is 1. The summed E-state index contributed by atoms with van der Waals surface area (Å²) in [7, 11) is 3.08. The van der Waals surface area contributed by atoms with Crippen LogP contribution in [0, 0.1) is 0 Å². The second-order valence-electron chi connectivity index (χ2n) is 6.71. The van der Waals surface area contributed by atoms with Crippen LogP contribution in [0.15, 0.2) is 60.1 Å². The lowest BCUT2D eigenvalue weighted by Crippen LogP contribution is -2.31. The van der Waals surface area contributed by atoms with Crippen molar-refractivity contribution in [3.8, 4) is 17.2 Å². The molecule has 154 valence electrons. The van der Waals surface area contributed by atoms with Gasteiger partial charge in [0.15, 0.2) is 0 Å². The maximum Gasteiger partial charge on any atom is 0.255 e.